The van der Waals surface area contributed by atoms with Crippen LogP contribution in [0, 0.1) is 0 Å². The number of nitrogens with zero attached hydrogens (tertiary/aromatic N) is 1. The van der Waals surface area contributed by atoms with Gasteiger partial charge in [-0.2, -0.15) is 8.78 Å². The number of aryl methyl sites for hydroxylation is 1. The summed E-state index contributed by atoms with van der Waals surface area (Å²) in [7, 11) is 1.37. The molecular weight excluding hydrogens is 208 g/mol. The molecule has 0 aliphatic carbocycles. The minimum atomic E-state index is -3.49. The molecule has 1 N–H and O–H groups in total. The number of rotatable bonds is 3. The van der Waals surface area contributed by atoms with E-state index < -0.39 is 17.7 Å². The van der Waals surface area contributed by atoms with Gasteiger partial charge in [-0.05, 0) is 6.07 Å². The molecule has 1 aromatic rings. The van der Waals surface area contributed by atoms with Crippen LogP contribution in [0.15, 0.2) is 12.3 Å². The summed E-state index contributed by atoms with van der Waals surface area (Å²) in [6, 6.07) is 0.933. The molecule has 0 fully saturated rings. The summed E-state index contributed by atoms with van der Waals surface area (Å²) < 4.78 is 26.4. The quantitative estimate of drug-likeness (QED) is 0.781. The van der Waals surface area contributed by atoms with Crippen molar-refractivity contribution >= 4 is 11.8 Å². The van der Waals surface area contributed by atoms with Crippen LogP contribution in [0.25, 0.3) is 0 Å². The third kappa shape index (κ3) is 2.20. The molecular formula is C9H9F2NO3. The van der Waals surface area contributed by atoms with Gasteiger partial charge in [0.25, 0.3) is 0 Å². The molecule has 0 aromatic carbocycles. The van der Waals surface area contributed by atoms with Crippen molar-refractivity contribution in [3.05, 3.63) is 23.5 Å². The molecule has 0 atom stereocenters. The van der Waals surface area contributed by atoms with Crippen LogP contribution in [0.5, 0.6) is 0 Å². The van der Waals surface area contributed by atoms with E-state index in [1.54, 1.807) is 0 Å². The maximum Gasteiger partial charge on any atom is 0.352 e. The van der Waals surface area contributed by atoms with Crippen molar-refractivity contribution < 1.29 is 23.5 Å². The molecule has 0 unspecified atom stereocenters. The smallest absolute Gasteiger partial charge is 0.352 e. The van der Waals surface area contributed by atoms with Crippen LogP contribution in [0.1, 0.15) is 27.8 Å². The van der Waals surface area contributed by atoms with Gasteiger partial charge in [-0.15, -0.1) is 0 Å². The highest BCUT2D eigenvalue weighted by Gasteiger charge is 2.34. The van der Waals surface area contributed by atoms with E-state index in [0.717, 1.165) is 16.8 Å². The molecule has 1 heterocycles. The van der Waals surface area contributed by atoms with E-state index in [1.807, 2.05) is 0 Å². The van der Waals surface area contributed by atoms with Crippen molar-refractivity contribution in [3.63, 3.8) is 0 Å². The molecule has 0 aliphatic heterocycles. The number of hydrogen-bond acceptors (Lipinski definition) is 2. The summed E-state index contributed by atoms with van der Waals surface area (Å²) in [6.07, 6.45) is 1.07. The fourth-order valence-corrected chi connectivity index (χ4v) is 1.15. The highest BCUT2D eigenvalue weighted by molar-refractivity contribution is 6.02. The van der Waals surface area contributed by atoms with E-state index in [-0.39, 0.29) is 11.3 Å². The molecule has 0 saturated carbocycles. The van der Waals surface area contributed by atoms with Crippen molar-refractivity contribution in [1.29, 1.82) is 0 Å². The zero-order valence-electron chi connectivity index (χ0n) is 8.12. The Balaban J connectivity index is 3.14. The number of carboxylic acids is 1. The van der Waals surface area contributed by atoms with Crippen LogP contribution in [-0.4, -0.2) is 27.3 Å². The predicted octanol–water partition coefficient (Wildman–Crippen LogP) is 1.56. The number of aromatic nitrogens is 1. The van der Waals surface area contributed by atoms with Crippen molar-refractivity contribution in [2.75, 3.05) is 0 Å². The lowest BCUT2D eigenvalue weighted by Crippen LogP contribution is -2.23. The fraction of sp³-hybridized carbons (Fsp3) is 0.333. The minimum absolute atomic E-state index is 0.206. The van der Waals surface area contributed by atoms with Crippen LogP contribution in [0.3, 0.4) is 0 Å². The Bertz CT molecular complexity index is 417. The number of carbonyl (C=O) groups is 2. The van der Waals surface area contributed by atoms with Gasteiger partial charge >= 0.3 is 11.9 Å². The number of carbonyl (C=O) groups excluding carboxylic acids is 1. The molecule has 1 aromatic heterocycles. The maximum atomic E-state index is 12.6. The number of carboxylic acid groups (broad SMARTS) is 1. The second-order valence-corrected chi connectivity index (χ2v) is 3.25. The summed E-state index contributed by atoms with van der Waals surface area (Å²) in [4.78, 5) is 21.7. The van der Waals surface area contributed by atoms with Gasteiger partial charge in [-0.1, -0.05) is 0 Å². The number of halogens is 2. The minimum Gasteiger partial charge on any atom is -0.477 e. The third-order valence-electron chi connectivity index (χ3n) is 1.88. The fourth-order valence-electron chi connectivity index (χ4n) is 1.15. The van der Waals surface area contributed by atoms with Crippen LogP contribution in [0.2, 0.25) is 0 Å². The SMILES string of the molecule is Cn1cc(C(=O)C(C)(F)F)cc1C(=O)O. The zero-order chi connectivity index (χ0) is 11.8. The molecule has 82 valence electrons. The average Bonchev–Trinajstić information content (AvgIpc) is 2.44. The zero-order valence-corrected chi connectivity index (χ0v) is 8.12. The molecule has 4 nitrogen and oxygen atoms in total. The number of ketones is 1. The Kier molecular flexibility index (Phi) is 2.61. The second-order valence-electron chi connectivity index (χ2n) is 3.25. The van der Waals surface area contributed by atoms with E-state index in [1.165, 1.54) is 7.05 Å². The largest absolute Gasteiger partial charge is 0.477 e. The summed E-state index contributed by atoms with van der Waals surface area (Å²) in [6.45, 7) is 0.475. The third-order valence-corrected chi connectivity index (χ3v) is 1.88. The van der Waals surface area contributed by atoms with Gasteiger partial charge in [0.1, 0.15) is 5.69 Å². The first kappa shape index (κ1) is 11.4. The standard InChI is InChI=1S/C9H9F2NO3/c1-9(10,11)7(13)5-3-6(8(14)15)12(2)4-5/h3-4H,1-2H3,(H,14,15). The topological polar surface area (TPSA) is 59.3 Å². The first-order valence-corrected chi connectivity index (χ1v) is 4.05. The average molecular weight is 217 g/mol. The normalized spacial score (nSPS) is 11.5. The Morgan fingerprint density at radius 3 is 2.33 bits per heavy atom. The molecule has 0 saturated heterocycles. The summed E-state index contributed by atoms with van der Waals surface area (Å²) in [5.74, 6) is -6.14. The molecule has 0 radical (unpaired) electrons. The Hall–Kier alpha value is -1.72. The molecule has 0 bridgehead atoms. The lowest BCUT2D eigenvalue weighted by atomic mass is 10.1. The molecule has 0 spiro atoms. The number of aromatic carboxylic acids is 1. The maximum absolute atomic E-state index is 12.6. The van der Waals surface area contributed by atoms with E-state index in [2.05, 4.69) is 0 Å². The predicted molar refractivity (Wildman–Crippen MR) is 47.3 cm³/mol. The first-order valence-electron chi connectivity index (χ1n) is 4.05. The van der Waals surface area contributed by atoms with Gasteiger partial charge < -0.3 is 9.67 Å². The van der Waals surface area contributed by atoms with Crippen molar-refractivity contribution in [2.24, 2.45) is 7.05 Å². The summed E-state index contributed by atoms with van der Waals surface area (Å²) in [5.41, 5.74) is -0.509. The number of Topliss-reactive ketones (excluding diaryl/α,β-unsaturated/α-hetero) is 1. The van der Waals surface area contributed by atoms with Gasteiger partial charge in [0, 0.05) is 25.7 Å². The second kappa shape index (κ2) is 3.45. The van der Waals surface area contributed by atoms with Crippen LogP contribution in [-0.2, 0) is 7.05 Å². The van der Waals surface area contributed by atoms with Gasteiger partial charge in [0.15, 0.2) is 0 Å². The Morgan fingerprint density at radius 1 is 1.47 bits per heavy atom. The highest BCUT2D eigenvalue weighted by Crippen LogP contribution is 2.20. The van der Waals surface area contributed by atoms with Crippen LogP contribution in [0.4, 0.5) is 8.78 Å². The van der Waals surface area contributed by atoms with Crippen molar-refractivity contribution in [2.45, 2.75) is 12.8 Å². The number of hydrogen-bond donors (Lipinski definition) is 1. The molecule has 6 heteroatoms. The summed E-state index contributed by atoms with van der Waals surface area (Å²) in [5, 5.41) is 8.64. The lowest BCUT2D eigenvalue weighted by Gasteiger charge is -2.05. The highest BCUT2D eigenvalue weighted by atomic mass is 19.3. The molecule has 0 aliphatic rings. The van der Waals surface area contributed by atoms with E-state index in [4.69, 9.17) is 5.11 Å². The number of alkyl halides is 2. The van der Waals surface area contributed by atoms with Gasteiger partial charge in [-0.3, -0.25) is 4.79 Å². The first-order chi connectivity index (χ1) is 6.73. The lowest BCUT2D eigenvalue weighted by molar-refractivity contribution is 0.0221. The Labute approximate surface area is 84.1 Å². The molecule has 1 rings (SSSR count). The van der Waals surface area contributed by atoms with Crippen molar-refractivity contribution in [1.82, 2.24) is 4.57 Å². The van der Waals surface area contributed by atoms with Gasteiger partial charge in [-0.25, -0.2) is 4.79 Å². The molecule has 15 heavy (non-hydrogen) atoms. The van der Waals surface area contributed by atoms with Crippen LogP contribution >= 0.6 is 0 Å². The summed E-state index contributed by atoms with van der Waals surface area (Å²) >= 11 is 0. The van der Waals surface area contributed by atoms with E-state index in [9.17, 15) is 18.4 Å². The monoisotopic (exact) mass is 217 g/mol. The Morgan fingerprint density at radius 2 is 2.00 bits per heavy atom. The molecule has 0 amide bonds. The van der Waals surface area contributed by atoms with Crippen LogP contribution < -0.4 is 0 Å². The van der Waals surface area contributed by atoms with Gasteiger partial charge in [0.05, 0.1) is 0 Å². The van der Waals surface area contributed by atoms with E-state index >= 15 is 0 Å². The van der Waals surface area contributed by atoms with E-state index in [0.29, 0.717) is 6.92 Å². The van der Waals surface area contributed by atoms with Crippen molar-refractivity contribution in [3.8, 4) is 0 Å². The van der Waals surface area contributed by atoms with Gasteiger partial charge in [0.2, 0.25) is 5.78 Å².